The van der Waals surface area contributed by atoms with Crippen LogP contribution < -0.4 is 4.90 Å². The van der Waals surface area contributed by atoms with Crippen molar-refractivity contribution < 1.29 is 0 Å². The molecule has 3 aliphatic carbocycles. The zero-order valence-electron chi connectivity index (χ0n) is 31.3. The van der Waals surface area contributed by atoms with Crippen LogP contribution in [0.4, 0.5) is 17.1 Å². The van der Waals surface area contributed by atoms with E-state index in [0.717, 1.165) is 17.1 Å². The van der Waals surface area contributed by atoms with E-state index < -0.39 is 5.41 Å². The van der Waals surface area contributed by atoms with Gasteiger partial charge in [-0.15, -0.1) is 0 Å². The third-order valence-corrected chi connectivity index (χ3v) is 12.8. The van der Waals surface area contributed by atoms with Crippen LogP contribution in [0, 0.1) is 0 Å². The standard InChI is InChI=1S/C56H37N/c1-3-15-37(16-4-1)38-27-29-40(30-28-38)57(41-32-34-49-50(35-41)43-19-7-8-23-48(43)55(49)39-17-5-2-6-18-39)42-31-33-47-46-22-11-14-26-53(46)56(54(47)36-42)51-24-12-9-20-44(51)45-21-10-13-25-52(45)56/h1-36,55H. The van der Waals surface area contributed by atoms with Gasteiger partial charge in [-0.2, -0.15) is 0 Å². The van der Waals surface area contributed by atoms with Crippen LogP contribution in [0.15, 0.2) is 218 Å². The lowest BCUT2D eigenvalue weighted by Crippen LogP contribution is -2.26. The zero-order chi connectivity index (χ0) is 37.5. The highest BCUT2D eigenvalue weighted by molar-refractivity contribution is 5.96. The Kier molecular flexibility index (Phi) is 6.97. The Morgan fingerprint density at radius 3 is 1.40 bits per heavy atom. The summed E-state index contributed by atoms with van der Waals surface area (Å²) >= 11 is 0. The molecule has 9 aromatic rings. The average Bonchev–Trinajstić information content (AvgIpc) is 3.89. The molecule has 0 heterocycles. The van der Waals surface area contributed by atoms with Crippen LogP contribution >= 0.6 is 0 Å². The molecule has 0 aromatic heterocycles. The van der Waals surface area contributed by atoms with E-state index in [1.54, 1.807) is 0 Å². The first-order valence-corrected chi connectivity index (χ1v) is 20.0. The molecule has 0 radical (unpaired) electrons. The van der Waals surface area contributed by atoms with Crippen molar-refractivity contribution in [2.75, 3.05) is 4.90 Å². The predicted octanol–water partition coefficient (Wildman–Crippen LogP) is 14.3. The van der Waals surface area contributed by atoms with Gasteiger partial charge in [-0.1, -0.05) is 182 Å². The highest BCUT2D eigenvalue weighted by atomic mass is 15.1. The van der Waals surface area contributed by atoms with Crippen molar-refractivity contribution in [1.29, 1.82) is 0 Å². The smallest absolute Gasteiger partial charge is 0.0726 e. The summed E-state index contributed by atoms with van der Waals surface area (Å²) in [5.74, 6) is 0.200. The molecular formula is C56H37N. The van der Waals surface area contributed by atoms with Crippen LogP contribution in [-0.4, -0.2) is 0 Å². The largest absolute Gasteiger partial charge is 0.310 e. The maximum atomic E-state index is 2.49. The highest BCUT2D eigenvalue weighted by Gasteiger charge is 2.51. The molecule has 0 bridgehead atoms. The molecule has 1 heteroatoms. The Hall–Kier alpha value is -7.22. The minimum Gasteiger partial charge on any atom is -0.310 e. The summed E-state index contributed by atoms with van der Waals surface area (Å²) in [5.41, 5.74) is 22.7. The second-order valence-electron chi connectivity index (χ2n) is 15.6. The van der Waals surface area contributed by atoms with Gasteiger partial charge in [-0.3, -0.25) is 0 Å². The molecule has 0 fully saturated rings. The van der Waals surface area contributed by atoms with E-state index in [9.17, 15) is 0 Å². The van der Waals surface area contributed by atoms with Crippen LogP contribution in [0.25, 0.3) is 44.5 Å². The van der Waals surface area contributed by atoms with Crippen molar-refractivity contribution in [3.8, 4) is 44.5 Å². The van der Waals surface area contributed by atoms with E-state index in [4.69, 9.17) is 0 Å². The fraction of sp³-hybridized carbons (Fsp3) is 0.0357. The SMILES string of the molecule is c1ccc(-c2ccc(N(c3ccc4c(c3)-c3ccccc3C4c3ccccc3)c3ccc4c(c3)C3(c5ccccc5-c5ccccc53)c3ccccc3-4)cc2)cc1. The fourth-order valence-corrected chi connectivity index (χ4v) is 10.4. The van der Waals surface area contributed by atoms with Crippen molar-refractivity contribution in [3.05, 3.63) is 257 Å². The number of hydrogen-bond acceptors (Lipinski definition) is 1. The summed E-state index contributed by atoms with van der Waals surface area (Å²) < 4.78 is 0. The maximum Gasteiger partial charge on any atom is 0.0726 e. The number of fused-ring (bicyclic) bond motifs is 13. The van der Waals surface area contributed by atoms with Crippen molar-refractivity contribution >= 4 is 17.1 Å². The zero-order valence-corrected chi connectivity index (χ0v) is 31.3. The van der Waals surface area contributed by atoms with Crippen molar-refractivity contribution in [2.45, 2.75) is 11.3 Å². The lowest BCUT2D eigenvalue weighted by Gasteiger charge is -2.32. The summed E-state index contributed by atoms with van der Waals surface area (Å²) in [6, 6.07) is 81.2. The van der Waals surface area contributed by atoms with Crippen molar-refractivity contribution in [3.63, 3.8) is 0 Å². The first-order valence-electron chi connectivity index (χ1n) is 20.0. The van der Waals surface area contributed by atoms with Gasteiger partial charge < -0.3 is 4.90 Å². The Bertz CT molecular complexity index is 2950. The summed E-state index contributed by atoms with van der Waals surface area (Å²) in [6.45, 7) is 0. The Balaban J connectivity index is 1.09. The van der Waals surface area contributed by atoms with Gasteiger partial charge in [-0.25, -0.2) is 0 Å². The number of rotatable bonds is 5. The Labute approximate surface area is 333 Å². The van der Waals surface area contributed by atoms with E-state index >= 15 is 0 Å². The number of hydrogen-bond donors (Lipinski definition) is 0. The molecule has 0 saturated heterocycles. The van der Waals surface area contributed by atoms with Gasteiger partial charge in [0.15, 0.2) is 0 Å². The molecule has 1 unspecified atom stereocenters. The van der Waals surface area contributed by atoms with Crippen LogP contribution in [0.2, 0.25) is 0 Å². The van der Waals surface area contributed by atoms with Gasteiger partial charge in [0.1, 0.15) is 0 Å². The molecular weight excluding hydrogens is 687 g/mol. The van der Waals surface area contributed by atoms with Gasteiger partial charge >= 0.3 is 0 Å². The highest BCUT2D eigenvalue weighted by Crippen LogP contribution is 2.63. The molecule has 1 spiro atoms. The quantitative estimate of drug-likeness (QED) is 0.171. The van der Waals surface area contributed by atoms with E-state index in [2.05, 4.69) is 223 Å². The first-order chi connectivity index (χ1) is 28.3. The topological polar surface area (TPSA) is 3.24 Å². The molecule has 3 aliphatic rings. The van der Waals surface area contributed by atoms with Gasteiger partial charge in [0.05, 0.1) is 5.41 Å². The van der Waals surface area contributed by atoms with Gasteiger partial charge in [-0.05, 0) is 120 Å². The van der Waals surface area contributed by atoms with Crippen molar-refractivity contribution in [2.24, 2.45) is 0 Å². The minimum atomic E-state index is -0.419. The van der Waals surface area contributed by atoms with E-state index in [1.165, 1.54) is 83.5 Å². The van der Waals surface area contributed by atoms with Gasteiger partial charge in [0.2, 0.25) is 0 Å². The Morgan fingerprint density at radius 1 is 0.298 bits per heavy atom. The molecule has 0 amide bonds. The molecule has 1 nitrogen and oxygen atoms in total. The fourth-order valence-electron chi connectivity index (χ4n) is 10.4. The monoisotopic (exact) mass is 723 g/mol. The minimum absolute atomic E-state index is 0.200. The number of anilines is 3. The summed E-state index contributed by atoms with van der Waals surface area (Å²) in [7, 11) is 0. The van der Waals surface area contributed by atoms with Crippen LogP contribution in [0.5, 0.6) is 0 Å². The number of nitrogens with zero attached hydrogens (tertiary/aromatic N) is 1. The first kappa shape index (κ1) is 32.1. The van der Waals surface area contributed by atoms with E-state index in [0.29, 0.717) is 0 Å². The van der Waals surface area contributed by atoms with Crippen LogP contribution in [0.3, 0.4) is 0 Å². The molecule has 57 heavy (non-hydrogen) atoms. The third kappa shape index (κ3) is 4.57. The average molecular weight is 724 g/mol. The lowest BCUT2D eigenvalue weighted by molar-refractivity contribution is 0.793. The lowest BCUT2D eigenvalue weighted by atomic mass is 9.70. The third-order valence-electron chi connectivity index (χ3n) is 12.8. The maximum absolute atomic E-state index is 2.49. The summed E-state index contributed by atoms with van der Waals surface area (Å²) in [6.07, 6.45) is 0. The van der Waals surface area contributed by atoms with Gasteiger partial charge in [0, 0.05) is 23.0 Å². The van der Waals surface area contributed by atoms with Crippen LogP contribution in [0.1, 0.15) is 44.9 Å². The Morgan fingerprint density at radius 2 is 0.754 bits per heavy atom. The van der Waals surface area contributed by atoms with Crippen LogP contribution in [-0.2, 0) is 5.41 Å². The molecule has 12 rings (SSSR count). The molecule has 9 aromatic carbocycles. The number of benzene rings is 9. The molecule has 0 aliphatic heterocycles. The molecule has 1 atom stereocenters. The molecule has 0 N–H and O–H groups in total. The second kappa shape index (κ2) is 12.4. The summed E-state index contributed by atoms with van der Waals surface area (Å²) in [4.78, 5) is 2.47. The van der Waals surface area contributed by atoms with Gasteiger partial charge in [0.25, 0.3) is 0 Å². The van der Waals surface area contributed by atoms with Crippen molar-refractivity contribution in [1.82, 2.24) is 0 Å². The normalized spacial score (nSPS) is 14.6. The van der Waals surface area contributed by atoms with E-state index in [1.807, 2.05) is 0 Å². The predicted molar refractivity (Wildman–Crippen MR) is 236 cm³/mol. The molecule has 0 saturated carbocycles. The van der Waals surface area contributed by atoms with E-state index in [-0.39, 0.29) is 5.92 Å². The summed E-state index contributed by atoms with van der Waals surface area (Å²) in [5, 5.41) is 0. The molecule has 266 valence electrons. The second-order valence-corrected chi connectivity index (χ2v) is 15.6.